The molecule has 0 fully saturated rings. The predicted molar refractivity (Wildman–Crippen MR) is 77.0 cm³/mol. The minimum Gasteiger partial charge on any atom is -0.493 e. The highest BCUT2D eigenvalue weighted by atomic mass is 16.5. The van der Waals surface area contributed by atoms with E-state index in [0.29, 0.717) is 0 Å². The molecular formula is C16H28O. The summed E-state index contributed by atoms with van der Waals surface area (Å²) in [6.45, 7) is 13.5. The number of hydrogen-bond donors (Lipinski definition) is 0. The quantitative estimate of drug-likeness (QED) is 0.661. The van der Waals surface area contributed by atoms with Crippen LogP contribution in [0, 0.1) is 13.8 Å². The lowest BCUT2D eigenvalue weighted by atomic mass is 10.1. The minimum absolute atomic E-state index is 0.861. The van der Waals surface area contributed by atoms with Gasteiger partial charge < -0.3 is 4.74 Å². The molecule has 0 bridgehead atoms. The van der Waals surface area contributed by atoms with Gasteiger partial charge in [-0.1, -0.05) is 58.2 Å². The van der Waals surface area contributed by atoms with Crippen LogP contribution < -0.4 is 4.74 Å². The molecule has 1 heterocycles. The van der Waals surface area contributed by atoms with Crippen molar-refractivity contribution in [1.82, 2.24) is 0 Å². The number of fused-ring (bicyclic) bond motifs is 1. The Morgan fingerprint density at radius 2 is 1.65 bits per heavy atom. The Kier molecular flexibility index (Phi) is 8.57. The molecule has 1 aliphatic heterocycles. The molecule has 0 radical (unpaired) electrons. The predicted octanol–water partition coefficient (Wildman–Crippen LogP) is 5.07. The maximum Gasteiger partial charge on any atom is 0.125 e. The fourth-order valence-electron chi connectivity index (χ4n) is 1.70. The Morgan fingerprint density at radius 3 is 2.18 bits per heavy atom. The van der Waals surface area contributed by atoms with Crippen LogP contribution in [0.2, 0.25) is 0 Å². The van der Waals surface area contributed by atoms with Crippen molar-refractivity contribution < 1.29 is 4.74 Å². The van der Waals surface area contributed by atoms with Gasteiger partial charge in [0.2, 0.25) is 0 Å². The van der Waals surface area contributed by atoms with Gasteiger partial charge in [0.1, 0.15) is 5.75 Å². The fraction of sp³-hybridized carbons (Fsp3) is 0.625. The molecule has 0 aromatic heterocycles. The average molecular weight is 236 g/mol. The summed E-state index contributed by atoms with van der Waals surface area (Å²) in [6.07, 6.45) is 3.72. The molecular weight excluding hydrogens is 208 g/mol. The maximum atomic E-state index is 5.48. The topological polar surface area (TPSA) is 9.23 Å². The van der Waals surface area contributed by atoms with Crippen LogP contribution in [-0.4, -0.2) is 6.61 Å². The minimum atomic E-state index is 0.861. The van der Waals surface area contributed by atoms with Crippen LogP contribution >= 0.6 is 0 Å². The zero-order valence-corrected chi connectivity index (χ0v) is 12.4. The third-order valence-electron chi connectivity index (χ3n) is 2.61. The molecule has 0 atom stereocenters. The molecule has 1 aromatic carbocycles. The van der Waals surface area contributed by atoms with Crippen LogP contribution in [0.5, 0.6) is 5.75 Å². The SMILES string of the molecule is CC.CCCC.Cc1cc(C)c2c(c1)CCO2. The van der Waals surface area contributed by atoms with Crippen LogP contribution in [0.3, 0.4) is 0 Å². The number of hydrogen-bond acceptors (Lipinski definition) is 1. The smallest absolute Gasteiger partial charge is 0.125 e. The van der Waals surface area contributed by atoms with Crippen molar-refractivity contribution in [3.05, 3.63) is 28.8 Å². The van der Waals surface area contributed by atoms with E-state index in [9.17, 15) is 0 Å². The van der Waals surface area contributed by atoms with E-state index in [0.717, 1.165) is 18.8 Å². The van der Waals surface area contributed by atoms with Crippen molar-refractivity contribution in [3.63, 3.8) is 0 Å². The van der Waals surface area contributed by atoms with Gasteiger partial charge in [0.25, 0.3) is 0 Å². The van der Waals surface area contributed by atoms with Gasteiger partial charge in [-0.25, -0.2) is 0 Å². The van der Waals surface area contributed by atoms with Gasteiger partial charge in [0, 0.05) is 6.42 Å². The average Bonchev–Trinajstić information content (AvgIpc) is 2.80. The van der Waals surface area contributed by atoms with Gasteiger partial charge in [-0.2, -0.15) is 0 Å². The number of rotatable bonds is 1. The first-order valence-corrected chi connectivity index (χ1v) is 6.92. The van der Waals surface area contributed by atoms with Crippen molar-refractivity contribution in [2.75, 3.05) is 6.61 Å². The molecule has 1 nitrogen and oxygen atoms in total. The number of aryl methyl sites for hydroxylation is 2. The van der Waals surface area contributed by atoms with Crippen LogP contribution in [0.1, 0.15) is 57.2 Å². The van der Waals surface area contributed by atoms with E-state index in [1.54, 1.807) is 0 Å². The molecule has 98 valence electrons. The second kappa shape index (κ2) is 9.09. The first-order chi connectivity index (χ1) is 8.19. The zero-order valence-electron chi connectivity index (χ0n) is 12.4. The Morgan fingerprint density at radius 1 is 1.06 bits per heavy atom. The summed E-state index contributed by atoms with van der Waals surface area (Å²) in [5, 5.41) is 0. The number of ether oxygens (including phenoxy) is 1. The van der Waals surface area contributed by atoms with Crippen LogP contribution in [0.15, 0.2) is 12.1 Å². The highest BCUT2D eigenvalue weighted by Crippen LogP contribution is 2.29. The molecule has 2 rings (SSSR count). The second-order valence-electron chi connectivity index (χ2n) is 4.17. The second-order valence-corrected chi connectivity index (χ2v) is 4.17. The fourth-order valence-corrected chi connectivity index (χ4v) is 1.70. The van der Waals surface area contributed by atoms with Gasteiger partial charge >= 0.3 is 0 Å². The Balaban J connectivity index is 0.000000368. The van der Waals surface area contributed by atoms with Gasteiger partial charge in [-0.15, -0.1) is 0 Å². The third kappa shape index (κ3) is 5.25. The summed E-state index contributed by atoms with van der Waals surface area (Å²) in [4.78, 5) is 0. The van der Waals surface area contributed by atoms with Crippen LogP contribution in [0.4, 0.5) is 0 Å². The van der Waals surface area contributed by atoms with Crippen LogP contribution in [0.25, 0.3) is 0 Å². The summed E-state index contributed by atoms with van der Waals surface area (Å²) in [7, 11) is 0. The Bertz CT molecular complexity index is 314. The molecule has 1 aromatic rings. The highest BCUT2D eigenvalue weighted by molar-refractivity contribution is 5.45. The van der Waals surface area contributed by atoms with E-state index in [1.165, 1.54) is 29.5 Å². The van der Waals surface area contributed by atoms with Crippen LogP contribution in [-0.2, 0) is 6.42 Å². The lowest BCUT2D eigenvalue weighted by molar-refractivity contribution is 0.354. The monoisotopic (exact) mass is 236 g/mol. The van der Waals surface area contributed by atoms with Gasteiger partial charge in [-0.05, 0) is 25.0 Å². The molecule has 0 aliphatic carbocycles. The molecule has 1 heteroatoms. The molecule has 1 aliphatic rings. The Labute approximate surface area is 107 Å². The summed E-state index contributed by atoms with van der Waals surface area (Å²) in [6, 6.07) is 4.39. The molecule has 17 heavy (non-hydrogen) atoms. The lowest BCUT2D eigenvalue weighted by Gasteiger charge is -2.03. The molecule has 0 spiro atoms. The van der Waals surface area contributed by atoms with E-state index in [-0.39, 0.29) is 0 Å². The molecule has 0 unspecified atom stereocenters. The third-order valence-corrected chi connectivity index (χ3v) is 2.61. The van der Waals surface area contributed by atoms with Crippen molar-refractivity contribution in [2.24, 2.45) is 0 Å². The van der Waals surface area contributed by atoms with Crippen molar-refractivity contribution >= 4 is 0 Å². The van der Waals surface area contributed by atoms with E-state index >= 15 is 0 Å². The maximum absolute atomic E-state index is 5.48. The normalized spacial score (nSPS) is 11.4. The molecule has 0 N–H and O–H groups in total. The molecule has 0 saturated heterocycles. The summed E-state index contributed by atoms with van der Waals surface area (Å²) in [5.74, 6) is 1.12. The highest BCUT2D eigenvalue weighted by Gasteiger charge is 2.13. The molecule has 0 amide bonds. The van der Waals surface area contributed by atoms with Crippen molar-refractivity contribution in [3.8, 4) is 5.75 Å². The zero-order chi connectivity index (χ0) is 13.3. The van der Waals surface area contributed by atoms with E-state index in [4.69, 9.17) is 4.74 Å². The largest absolute Gasteiger partial charge is 0.493 e. The van der Waals surface area contributed by atoms with E-state index in [1.807, 2.05) is 13.8 Å². The standard InChI is InChI=1S/C10H12O.C4H10.C2H6/c1-7-5-8(2)10-9(6-7)3-4-11-10;1-3-4-2;1-2/h5-6H,3-4H2,1-2H3;3-4H2,1-2H3;1-2H3. The number of unbranched alkanes of at least 4 members (excludes halogenated alkanes) is 1. The summed E-state index contributed by atoms with van der Waals surface area (Å²) < 4.78 is 5.48. The van der Waals surface area contributed by atoms with Gasteiger partial charge in [0.15, 0.2) is 0 Å². The van der Waals surface area contributed by atoms with Gasteiger partial charge in [0.05, 0.1) is 6.61 Å². The lowest BCUT2D eigenvalue weighted by Crippen LogP contribution is -1.87. The van der Waals surface area contributed by atoms with Crippen molar-refractivity contribution in [2.45, 2.75) is 60.8 Å². The first-order valence-electron chi connectivity index (χ1n) is 6.92. The van der Waals surface area contributed by atoms with E-state index < -0.39 is 0 Å². The summed E-state index contributed by atoms with van der Waals surface area (Å²) >= 11 is 0. The van der Waals surface area contributed by atoms with E-state index in [2.05, 4.69) is 39.8 Å². The number of benzene rings is 1. The summed E-state index contributed by atoms with van der Waals surface area (Å²) in [5.41, 5.74) is 3.99. The van der Waals surface area contributed by atoms with Gasteiger partial charge in [-0.3, -0.25) is 0 Å². The Hall–Kier alpha value is -0.980. The first kappa shape index (κ1) is 16.0. The molecule has 0 saturated carbocycles. The van der Waals surface area contributed by atoms with Crippen molar-refractivity contribution in [1.29, 1.82) is 0 Å².